The Morgan fingerprint density at radius 3 is 2.48 bits per heavy atom. The van der Waals surface area contributed by atoms with Gasteiger partial charge in [-0.2, -0.15) is 5.10 Å². The summed E-state index contributed by atoms with van der Waals surface area (Å²) in [4.78, 5) is 4.60. The third-order valence-electron chi connectivity index (χ3n) is 4.50. The van der Waals surface area contributed by atoms with Crippen LogP contribution in [-0.2, 0) is 12.0 Å². The molecule has 0 fully saturated rings. The van der Waals surface area contributed by atoms with Gasteiger partial charge in [0.2, 0.25) is 5.89 Å². The fraction of sp³-hybridized carbons (Fsp3) is 0.238. The summed E-state index contributed by atoms with van der Waals surface area (Å²) in [5.74, 6) is 0.120. The number of halogens is 1. The van der Waals surface area contributed by atoms with Gasteiger partial charge >= 0.3 is 0 Å². The van der Waals surface area contributed by atoms with Crippen LogP contribution < -0.4 is 5.66 Å². The highest BCUT2D eigenvalue weighted by Crippen LogP contribution is 2.29. The van der Waals surface area contributed by atoms with Crippen molar-refractivity contribution in [1.29, 1.82) is 0 Å². The maximum absolute atomic E-state index is 14.1. The van der Waals surface area contributed by atoms with Gasteiger partial charge in [0.25, 0.3) is 0 Å². The SMILES string of the molecule is [B]c1oc(-c2nn(Cc3ccccc3F)c3ccccc23)nc1C(C)(C)C. The standard InChI is InChI=1S/C21H19BFN3O/c1-21(2,3)18-19(22)27-20(24-18)17-14-9-5-7-11-16(14)26(25-17)12-13-8-4-6-10-15(13)23/h4-11H,12H2,1-3H3. The Bertz CT molecular complexity index is 1120. The van der Waals surface area contributed by atoms with Gasteiger partial charge in [-0.15, -0.1) is 0 Å². The smallest absolute Gasteiger partial charge is 0.247 e. The molecule has 0 aliphatic rings. The zero-order valence-corrected chi connectivity index (χ0v) is 15.5. The minimum absolute atomic E-state index is 0.239. The highest BCUT2D eigenvalue weighted by molar-refractivity contribution is 6.30. The summed E-state index contributed by atoms with van der Waals surface area (Å²) >= 11 is 0. The van der Waals surface area contributed by atoms with Crippen LogP contribution in [0.4, 0.5) is 4.39 Å². The van der Waals surface area contributed by atoms with E-state index < -0.39 is 0 Å². The van der Waals surface area contributed by atoms with Gasteiger partial charge in [-0.1, -0.05) is 57.2 Å². The topological polar surface area (TPSA) is 43.9 Å². The number of nitrogens with zero attached hydrogens (tertiary/aromatic N) is 3. The van der Waals surface area contributed by atoms with E-state index in [-0.39, 0.29) is 11.2 Å². The lowest BCUT2D eigenvalue weighted by atomic mass is 9.86. The second-order valence-electron chi connectivity index (χ2n) is 7.60. The Kier molecular flexibility index (Phi) is 4.14. The number of aromatic nitrogens is 3. The molecule has 2 aromatic carbocycles. The first-order valence-corrected chi connectivity index (χ1v) is 8.80. The molecular weight excluding hydrogens is 340 g/mol. The second kappa shape index (κ2) is 6.37. The minimum atomic E-state index is -0.256. The quantitative estimate of drug-likeness (QED) is 0.520. The fourth-order valence-corrected chi connectivity index (χ4v) is 3.16. The Morgan fingerprint density at radius 2 is 1.78 bits per heavy atom. The summed E-state index contributed by atoms with van der Waals surface area (Å²) in [7, 11) is 6.05. The lowest BCUT2D eigenvalue weighted by Gasteiger charge is -2.15. The molecule has 0 bridgehead atoms. The molecule has 4 nitrogen and oxygen atoms in total. The van der Waals surface area contributed by atoms with Crippen LogP contribution in [0, 0.1) is 5.82 Å². The predicted octanol–water partition coefficient (Wildman–Crippen LogP) is 3.97. The zero-order valence-electron chi connectivity index (χ0n) is 15.5. The van der Waals surface area contributed by atoms with Crippen molar-refractivity contribution in [2.45, 2.75) is 32.7 Å². The summed E-state index contributed by atoms with van der Waals surface area (Å²) in [6.07, 6.45) is 0. The van der Waals surface area contributed by atoms with E-state index in [2.05, 4.69) is 10.1 Å². The maximum Gasteiger partial charge on any atom is 0.247 e. The first-order chi connectivity index (χ1) is 12.8. The second-order valence-corrected chi connectivity index (χ2v) is 7.60. The van der Waals surface area contributed by atoms with E-state index >= 15 is 0 Å². The molecule has 134 valence electrons. The van der Waals surface area contributed by atoms with Crippen molar-refractivity contribution in [3.05, 3.63) is 65.6 Å². The third kappa shape index (κ3) is 3.16. The van der Waals surface area contributed by atoms with Crippen molar-refractivity contribution in [3.8, 4) is 11.6 Å². The Morgan fingerprint density at radius 1 is 1.07 bits per heavy atom. The van der Waals surface area contributed by atoms with Crippen molar-refractivity contribution in [1.82, 2.24) is 14.8 Å². The molecule has 0 aliphatic carbocycles. The lowest BCUT2D eigenvalue weighted by molar-refractivity contribution is 0.566. The van der Waals surface area contributed by atoms with Crippen LogP contribution in [0.15, 0.2) is 52.9 Å². The number of hydrogen-bond donors (Lipinski definition) is 0. The highest BCUT2D eigenvalue weighted by atomic mass is 19.1. The monoisotopic (exact) mass is 359 g/mol. The third-order valence-corrected chi connectivity index (χ3v) is 4.50. The van der Waals surface area contributed by atoms with E-state index in [1.807, 2.05) is 51.1 Å². The van der Waals surface area contributed by atoms with Gasteiger partial charge in [0.1, 0.15) is 5.82 Å². The first kappa shape index (κ1) is 17.5. The molecule has 4 aromatic rings. The zero-order chi connectivity index (χ0) is 19.2. The molecule has 0 atom stereocenters. The van der Waals surface area contributed by atoms with Crippen LogP contribution in [0.1, 0.15) is 32.0 Å². The van der Waals surface area contributed by atoms with Crippen molar-refractivity contribution >= 4 is 24.4 Å². The average molecular weight is 359 g/mol. The first-order valence-electron chi connectivity index (χ1n) is 8.80. The lowest BCUT2D eigenvalue weighted by Crippen LogP contribution is -2.21. The average Bonchev–Trinajstić information content (AvgIpc) is 3.18. The van der Waals surface area contributed by atoms with E-state index in [0.29, 0.717) is 35.0 Å². The van der Waals surface area contributed by atoms with Crippen molar-refractivity contribution in [2.24, 2.45) is 0 Å². The summed E-state index contributed by atoms with van der Waals surface area (Å²) in [5, 5.41) is 5.56. The van der Waals surface area contributed by atoms with Crippen LogP contribution in [0.5, 0.6) is 0 Å². The predicted molar refractivity (Wildman–Crippen MR) is 105 cm³/mol. The molecule has 0 spiro atoms. The molecule has 0 N–H and O–H groups in total. The Hall–Kier alpha value is -2.89. The molecule has 2 radical (unpaired) electrons. The number of para-hydroxylation sites is 1. The Balaban J connectivity index is 1.85. The van der Waals surface area contributed by atoms with Gasteiger partial charge in [0.05, 0.1) is 23.4 Å². The number of rotatable bonds is 3. The Labute approximate surface area is 158 Å². The van der Waals surface area contributed by atoms with E-state index in [9.17, 15) is 4.39 Å². The molecule has 27 heavy (non-hydrogen) atoms. The molecule has 0 aliphatic heterocycles. The molecule has 6 heteroatoms. The molecule has 0 saturated carbocycles. The normalized spacial score (nSPS) is 12.0. The molecule has 4 rings (SSSR count). The van der Waals surface area contributed by atoms with Crippen LogP contribution >= 0.6 is 0 Å². The fourth-order valence-electron chi connectivity index (χ4n) is 3.16. The molecule has 2 heterocycles. The van der Waals surface area contributed by atoms with Gasteiger partial charge in [-0.05, 0) is 12.1 Å². The van der Waals surface area contributed by atoms with Crippen LogP contribution in [0.2, 0.25) is 0 Å². The maximum atomic E-state index is 14.1. The van der Waals surface area contributed by atoms with Crippen molar-refractivity contribution in [3.63, 3.8) is 0 Å². The van der Waals surface area contributed by atoms with Crippen LogP contribution in [0.25, 0.3) is 22.5 Å². The number of benzene rings is 2. The van der Waals surface area contributed by atoms with Gasteiger partial charge in [-0.3, -0.25) is 4.68 Å². The highest BCUT2D eigenvalue weighted by Gasteiger charge is 2.25. The van der Waals surface area contributed by atoms with Crippen molar-refractivity contribution < 1.29 is 8.81 Å². The summed E-state index contributed by atoms with van der Waals surface area (Å²) < 4.78 is 21.6. The van der Waals surface area contributed by atoms with Crippen molar-refractivity contribution in [2.75, 3.05) is 0 Å². The van der Waals surface area contributed by atoms with E-state index in [1.54, 1.807) is 16.8 Å². The molecule has 0 amide bonds. The number of hydrogen-bond acceptors (Lipinski definition) is 3. The summed E-state index contributed by atoms with van der Waals surface area (Å²) in [6.45, 7) is 6.40. The van der Waals surface area contributed by atoms with Crippen LogP contribution in [-0.4, -0.2) is 22.6 Å². The largest absolute Gasteiger partial charge is 0.452 e. The van der Waals surface area contributed by atoms with E-state index in [0.717, 1.165) is 10.9 Å². The number of fused-ring (bicyclic) bond motifs is 1. The van der Waals surface area contributed by atoms with Gasteiger partial charge in [-0.25, -0.2) is 9.37 Å². The minimum Gasteiger partial charge on any atom is -0.452 e. The summed E-state index contributed by atoms with van der Waals surface area (Å²) in [6, 6.07) is 14.5. The van der Waals surface area contributed by atoms with Gasteiger partial charge < -0.3 is 4.42 Å². The van der Waals surface area contributed by atoms with Gasteiger partial charge in [0.15, 0.2) is 13.5 Å². The van der Waals surface area contributed by atoms with E-state index in [4.69, 9.17) is 12.3 Å². The van der Waals surface area contributed by atoms with Crippen LogP contribution in [0.3, 0.4) is 0 Å². The molecular formula is C21H19BFN3O. The van der Waals surface area contributed by atoms with E-state index in [1.165, 1.54) is 6.07 Å². The molecule has 2 aromatic heterocycles. The number of oxazole rings is 1. The molecule has 0 unspecified atom stereocenters. The molecule has 0 saturated heterocycles. The summed E-state index contributed by atoms with van der Waals surface area (Å²) in [5.41, 5.74) is 2.81. The van der Waals surface area contributed by atoms with Gasteiger partial charge in [0, 0.05) is 16.4 Å².